The van der Waals surface area contributed by atoms with E-state index in [1.54, 1.807) is 6.08 Å². The van der Waals surface area contributed by atoms with Crippen molar-refractivity contribution in [2.75, 3.05) is 0 Å². The van der Waals surface area contributed by atoms with Gasteiger partial charge in [0.1, 0.15) is 0 Å². The minimum absolute atomic E-state index is 0.0821. The lowest BCUT2D eigenvalue weighted by atomic mass is 10.0. The highest BCUT2D eigenvalue weighted by Gasteiger charge is 2.11. The zero-order chi connectivity index (χ0) is 14.8. The largest absolute Gasteiger partial charge is 0.274 e. The van der Waals surface area contributed by atoms with Crippen molar-refractivity contribution in [3.05, 3.63) is 77.1 Å². The average Bonchev–Trinajstić information content (AvgIpc) is 2.51. The second-order valence-corrected chi connectivity index (χ2v) is 5.04. The first-order valence-corrected chi connectivity index (χ1v) is 6.88. The van der Waals surface area contributed by atoms with Crippen LogP contribution < -0.4 is 5.56 Å². The van der Waals surface area contributed by atoms with E-state index in [0.29, 0.717) is 11.9 Å². The molecule has 3 heteroatoms. The van der Waals surface area contributed by atoms with Crippen molar-refractivity contribution in [2.45, 2.75) is 13.5 Å². The summed E-state index contributed by atoms with van der Waals surface area (Å²) in [4.78, 5) is 12.4. The van der Waals surface area contributed by atoms with Crippen molar-refractivity contribution >= 4 is 10.8 Å². The zero-order valence-corrected chi connectivity index (χ0v) is 11.9. The molecule has 0 saturated carbocycles. The van der Waals surface area contributed by atoms with Crippen molar-refractivity contribution in [2.24, 2.45) is 0 Å². The fraction of sp³-hybridized carbons (Fsp3) is 0.111. The predicted molar refractivity (Wildman–Crippen MR) is 86.4 cm³/mol. The number of hydrogen-bond acceptors (Lipinski definition) is 2. The molecule has 0 aliphatic carbocycles. The Hall–Kier alpha value is -2.68. The molecule has 2 aromatic carbocycles. The lowest BCUT2D eigenvalue weighted by Gasteiger charge is -2.10. The van der Waals surface area contributed by atoms with Crippen LogP contribution in [0.3, 0.4) is 0 Å². The molecule has 0 radical (unpaired) electrons. The Bertz CT molecular complexity index is 861. The molecule has 3 aromatic rings. The Morgan fingerprint density at radius 3 is 2.43 bits per heavy atom. The number of nitrogens with zero attached hydrogens (tertiary/aromatic N) is 2. The van der Waals surface area contributed by atoms with Crippen LogP contribution >= 0.6 is 0 Å². The van der Waals surface area contributed by atoms with E-state index in [1.807, 2.05) is 43.3 Å². The third-order valence-electron chi connectivity index (χ3n) is 3.49. The first-order valence-electron chi connectivity index (χ1n) is 6.88. The van der Waals surface area contributed by atoms with Gasteiger partial charge in [-0.2, -0.15) is 5.10 Å². The van der Waals surface area contributed by atoms with Gasteiger partial charge in [0.05, 0.1) is 17.6 Å². The fourth-order valence-electron chi connectivity index (χ4n) is 2.41. The van der Waals surface area contributed by atoms with E-state index in [2.05, 4.69) is 23.8 Å². The van der Waals surface area contributed by atoms with Crippen LogP contribution in [0.15, 0.2) is 66.0 Å². The topological polar surface area (TPSA) is 34.9 Å². The number of fused-ring (bicyclic) bond motifs is 1. The van der Waals surface area contributed by atoms with E-state index in [4.69, 9.17) is 0 Å². The van der Waals surface area contributed by atoms with Crippen molar-refractivity contribution in [3.63, 3.8) is 0 Å². The highest BCUT2D eigenvalue weighted by molar-refractivity contribution is 5.93. The summed E-state index contributed by atoms with van der Waals surface area (Å²) >= 11 is 0. The van der Waals surface area contributed by atoms with E-state index in [9.17, 15) is 4.79 Å². The van der Waals surface area contributed by atoms with Gasteiger partial charge in [0.15, 0.2) is 0 Å². The summed E-state index contributed by atoms with van der Waals surface area (Å²) in [6.07, 6.45) is 1.68. The van der Waals surface area contributed by atoms with Gasteiger partial charge < -0.3 is 0 Å². The van der Waals surface area contributed by atoms with Gasteiger partial charge in [-0.3, -0.25) is 4.79 Å². The monoisotopic (exact) mass is 276 g/mol. The third-order valence-corrected chi connectivity index (χ3v) is 3.49. The molecule has 21 heavy (non-hydrogen) atoms. The maximum Gasteiger partial charge on any atom is 0.274 e. The molecule has 0 unspecified atom stereocenters. The maximum absolute atomic E-state index is 12.4. The molecule has 0 bridgehead atoms. The number of rotatable bonds is 3. The van der Waals surface area contributed by atoms with Gasteiger partial charge in [-0.1, -0.05) is 54.1 Å². The van der Waals surface area contributed by atoms with Crippen LogP contribution in [0.2, 0.25) is 0 Å². The average molecular weight is 276 g/mol. The van der Waals surface area contributed by atoms with Crippen LogP contribution in [0.5, 0.6) is 0 Å². The molecule has 0 aliphatic heterocycles. The molecule has 0 atom stereocenters. The van der Waals surface area contributed by atoms with Gasteiger partial charge in [0.2, 0.25) is 0 Å². The smallest absolute Gasteiger partial charge is 0.267 e. The van der Waals surface area contributed by atoms with E-state index in [-0.39, 0.29) is 5.56 Å². The maximum atomic E-state index is 12.4. The number of allylic oxidation sites excluding steroid dienone is 1. The normalized spacial score (nSPS) is 10.7. The summed E-state index contributed by atoms with van der Waals surface area (Å²) in [5, 5.41) is 6.09. The number of aromatic nitrogens is 2. The summed E-state index contributed by atoms with van der Waals surface area (Å²) in [5.74, 6) is 0. The SMILES string of the molecule is C=CCn1nc(-c2ccc(C)cc2)c2ccccc2c1=O. The van der Waals surface area contributed by atoms with Crippen LogP contribution in [-0.2, 0) is 6.54 Å². The Morgan fingerprint density at radius 2 is 1.76 bits per heavy atom. The van der Waals surface area contributed by atoms with Crippen molar-refractivity contribution < 1.29 is 0 Å². The third kappa shape index (κ3) is 2.38. The van der Waals surface area contributed by atoms with E-state index >= 15 is 0 Å². The molecule has 0 aliphatic rings. The molecule has 0 N–H and O–H groups in total. The van der Waals surface area contributed by atoms with Crippen LogP contribution in [-0.4, -0.2) is 9.78 Å². The minimum atomic E-state index is -0.0821. The highest BCUT2D eigenvalue weighted by Crippen LogP contribution is 2.24. The fourth-order valence-corrected chi connectivity index (χ4v) is 2.41. The van der Waals surface area contributed by atoms with Gasteiger partial charge in [0, 0.05) is 10.9 Å². The molecule has 3 nitrogen and oxygen atoms in total. The van der Waals surface area contributed by atoms with Crippen LogP contribution in [0.4, 0.5) is 0 Å². The van der Waals surface area contributed by atoms with Crippen molar-refractivity contribution in [1.82, 2.24) is 9.78 Å². The Kier molecular flexibility index (Phi) is 3.40. The van der Waals surface area contributed by atoms with Gasteiger partial charge in [-0.05, 0) is 13.0 Å². The summed E-state index contributed by atoms with van der Waals surface area (Å²) in [6.45, 7) is 6.15. The van der Waals surface area contributed by atoms with E-state index < -0.39 is 0 Å². The number of benzene rings is 2. The Labute approximate surface area is 123 Å². The van der Waals surface area contributed by atoms with E-state index in [1.165, 1.54) is 10.2 Å². The second kappa shape index (κ2) is 5.37. The van der Waals surface area contributed by atoms with Gasteiger partial charge >= 0.3 is 0 Å². The quantitative estimate of drug-likeness (QED) is 0.686. The molecule has 1 heterocycles. The molecule has 104 valence electrons. The lowest BCUT2D eigenvalue weighted by molar-refractivity contribution is 0.665. The van der Waals surface area contributed by atoms with Gasteiger partial charge in [0.25, 0.3) is 5.56 Å². The molecule has 0 fully saturated rings. The zero-order valence-electron chi connectivity index (χ0n) is 11.9. The number of aryl methyl sites for hydroxylation is 1. The summed E-state index contributed by atoms with van der Waals surface area (Å²) in [6, 6.07) is 15.8. The van der Waals surface area contributed by atoms with Crippen LogP contribution in [0.25, 0.3) is 22.0 Å². The van der Waals surface area contributed by atoms with Crippen LogP contribution in [0, 0.1) is 6.92 Å². The molecule has 0 saturated heterocycles. The van der Waals surface area contributed by atoms with Crippen LogP contribution in [0.1, 0.15) is 5.56 Å². The minimum Gasteiger partial charge on any atom is -0.267 e. The molecular weight excluding hydrogens is 260 g/mol. The second-order valence-electron chi connectivity index (χ2n) is 5.04. The Morgan fingerprint density at radius 1 is 1.10 bits per heavy atom. The highest BCUT2D eigenvalue weighted by atomic mass is 16.1. The summed E-state index contributed by atoms with van der Waals surface area (Å²) in [5.41, 5.74) is 2.95. The van der Waals surface area contributed by atoms with Crippen molar-refractivity contribution in [1.29, 1.82) is 0 Å². The molecule has 0 amide bonds. The van der Waals surface area contributed by atoms with E-state index in [0.717, 1.165) is 16.6 Å². The summed E-state index contributed by atoms with van der Waals surface area (Å²) < 4.78 is 1.46. The predicted octanol–water partition coefficient (Wildman–Crippen LogP) is 3.56. The Balaban J connectivity index is 2.35. The molecule has 0 spiro atoms. The number of hydrogen-bond donors (Lipinski definition) is 0. The molecule has 3 rings (SSSR count). The molecule has 1 aromatic heterocycles. The first kappa shape index (κ1) is 13.3. The first-order chi connectivity index (χ1) is 10.2. The standard InChI is InChI=1S/C18H16N2O/c1-3-12-20-18(21)16-7-5-4-6-15(16)17(19-20)14-10-8-13(2)9-11-14/h3-11H,1,12H2,2H3. The van der Waals surface area contributed by atoms with Crippen molar-refractivity contribution in [3.8, 4) is 11.3 Å². The lowest BCUT2D eigenvalue weighted by Crippen LogP contribution is -2.23. The molecular formula is C18H16N2O. The van der Waals surface area contributed by atoms with Gasteiger partial charge in [-0.25, -0.2) is 4.68 Å². The summed E-state index contributed by atoms with van der Waals surface area (Å²) in [7, 11) is 0. The van der Waals surface area contributed by atoms with Gasteiger partial charge in [-0.15, -0.1) is 6.58 Å².